The number of benzene rings is 1. The number of aryl methyl sites for hydroxylation is 1. The molecule has 2 aromatic rings. The zero-order valence-corrected chi connectivity index (χ0v) is 11.7. The van der Waals surface area contributed by atoms with E-state index in [-0.39, 0.29) is 0 Å². The summed E-state index contributed by atoms with van der Waals surface area (Å²) >= 11 is 6.30. The Labute approximate surface area is 113 Å². The summed E-state index contributed by atoms with van der Waals surface area (Å²) in [7, 11) is 2.20. The summed E-state index contributed by atoms with van der Waals surface area (Å²) in [5.74, 6) is 0.657. The van der Waals surface area contributed by atoms with E-state index in [0.717, 1.165) is 10.5 Å². The van der Waals surface area contributed by atoms with Crippen LogP contribution in [0.5, 0.6) is 0 Å². The molecule has 0 saturated carbocycles. The molecule has 0 bridgehead atoms. The van der Waals surface area contributed by atoms with Gasteiger partial charge in [0.15, 0.2) is 0 Å². The zero-order valence-electron chi connectivity index (χ0n) is 11.0. The lowest BCUT2D eigenvalue weighted by Crippen LogP contribution is -2.29. The number of nitrogens with one attached hydrogen (secondary N) is 1. The molecular weight excluding hydrogens is 244 g/mol. The number of piperidine rings is 1. The third-order valence-electron chi connectivity index (χ3n) is 4.00. The molecule has 0 unspecified atom stereocenters. The van der Waals surface area contributed by atoms with Crippen molar-refractivity contribution in [3.63, 3.8) is 0 Å². The maximum Gasteiger partial charge on any atom is 0.0649 e. The first-order valence-corrected chi connectivity index (χ1v) is 6.98. The second-order valence-corrected chi connectivity index (χ2v) is 5.92. The Morgan fingerprint density at radius 2 is 1.94 bits per heavy atom. The van der Waals surface area contributed by atoms with E-state index < -0.39 is 0 Å². The van der Waals surface area contributed by atoms with Gasteiger partial charge < -0.3 is 9.88 Å². The number of aromatic nitrogens is 1. The van der Waals surface area contributed by atoms with Gasteiger partial charge in [0.25, 0.3) is 0 Å². The highest BCUT2D eigenvalue weighted by atomic mass is 35.5. The lowest BCUT2D eigenvalue weighted by molar-refractivity contribution is 0.254. The molecule has 1 aromatic carbocycles. The van der Waals surface area contributed by atoms with Gasteiger partial charge in [0.1, 0.15) is 0 Å². The molecule has 2 heterocycles. The van der Waals surface area contributed by atoms with Crippen LogP contribution in [0.3, 0.4) is 0 Å². The number of rotatable bonds is 1. The van der Waals surface area contributed by atoms with Crippen LogP contribution in [-0.2, 0) is 0 Å². The van der Waals surface area contributed by atoms with E-state index in [9.17, 15) is 0 Å². The molecule has 0 radical (unpaired) electrons. The second kappa shape index (κ2) is 4.60. The quantitative estimate of drug-likeness (QED) is 0.825. The van der Waals surface area contributed by atoms with Gasteiger partial charge in [-0.05, 0) is 63.7 Å². The first-order chi connectivity index (χ1) is 8.63. The van der Waals surface area contributed by atoms with E-state index in [1.54, 1.807) is 0 Å². The van der Waals surface area contributed by atoms with Crippen molar-refractivity contribution in [2.45, 2.75) is 25.7 Å². The van der Waals surface area contributed by atoms with Crippen molar-refractivity contribution in [2.24, 2.45) is 0 Å². The summed E-state index contributed by atoms with van der Waals surface area (Å²) in [6, 6.07) is 6.51. The van der Waals surface area contributed by atoms with Crippen LogP contribution in [0.1, 0.15) is 30.0 Å². The molecule has 18 heavy (non-hydrogen) atoms. The average Bonchev–Trinajstić information content (AvgIpc) is 2.74. The van der Waals surface area contributed by atoms with Gasteiger partial charge >= 0.3 is 0 Å². The molecule has 0 amide bonds. The molecule has 3 rings (SSSR count). The number of likely N-dealkylation sites (tertiary alicyclic amines) is 1. The Hall–Kier alpha value is -0.990. The Kier molecular flexibility index (Phi) is 3.08. The molecular formula is C15H19ClN2. The van der Waals surface area contributed by atoms with Crippen molar-refractivity contribution in [3.05, 3.63) is 34.5 Å². The van der Waals surface area contributed by atoms with Crippen molar-refractivity contribution >= 4 is 22.5 Å². The molecule has 1 aliphatic heterocycles. The van der Waals surface area contributed by atoms with Gasteiger partial charge in [-0.25, -0.2) is 0 Å². The minimum absolute atomic E-state index is 0.657. The Morgan fingerprint density at radius 3 is 2.67 bits per heavy atom. The fourth-order valence-corrected chi connectivity index (χ4v) is 3.23. The minimum atomic E-state index is 0.657. The van der Waals surface area contributed by atoms with E-state index in [4.69, 9.17) is 11.6 Å². The maximum atomic E-state index is 6.30. The maximum absolute atomic E-state index is 6.30. The van der Waals surface area contributed by atoms with Crippen LogP contribution in [0.25, 0.3) is 10.9 Å². The number of nitrogens with zero attached hydrogens (tertiary/aromatic N) is 1. The smallest absolute Gasteiger partial charge is 0.0649 e. The minimum Gasteiger partial charge on any atom is -0.357 e. The monoisotopic (exact) mass is 262 g/mol. The highest BCUT2D eigenvalue weighted by molar-refractivity contribution is 6.35. The van der Waals surface area contributed by atoms with Crippen LogP contribution in [0.4, 0.5) is 0 Å². The topological polar surface area (TPSA) is 19.0 Å². The average molecular weight is 263 g/mol. The van der Waals surface area contributed by atoms with Crippen LogP contribution in [0, 0.1) is 6.92 Å². The van der Waals surface area contributed by atoms with Gasteiger partial charge in [0.05, 0.1) is 10.5 Å². The lowest BCUT2D eigenvalue weighted by Gasteiger charge is -2.28. The fraction of sp³-hybridized carbons (Fsp3) is 0.467. The molecule has 1 saturated heterocycles. The largest absolute Gasteiger partial charge is 0.357 e. The summed E-state index contributed by atoms with van der Waals surface area (Å²) in [6.07, 6.45) is 2.47. The molecule has 0 aliphatic carbocycles. The third kappa shape index (κ3) is 2.15. The van der Waals surface area contributed by atoms with E-state index in [1.165, 1.54) is 42.6 Å². The van der Waals surface area contributed by atoms with Gasteiger partial charge in [0, 0.05) is 17.0 Å². The Balaban J connectivity index is 1.96. The molecule has 1 aromatic heterocycles. The fourth-order valence-electron chi connectivity index (χ4n) is 2.90. The number of H-pyrrole nitrogens is 1. The molecule has 0 atom stereocenters. The van der Waals surface area contributed by atoms with Crippen LogP contribution >= 0.6 is 11.6 Å². The van der Waals surface area contributed by atoms with Crippen molar-refractivity contribution in [1.29, 1.82) is 0 Å². The van der Waals surface area contributed by atoms with Gasteiger partial charge in [-0.15, -0.1) is 0 Å². The second-order valence-electron chi connectivity index (χ2n) is 5.51. The summed E-state index contributed by atoms with van der Waals surface area (Å²) in [5, 5.41) is 2.08. The number of aromatic amines is 1. The van der Waals surface area contributed by atoms with E-state index in [2.05, 4.69) is 36.0 Å². The van der Waals surface area contributed by atoms with Crippen LogP contribution < -0.4 is 0 Å². The predicted molar refractivity (Wildman–Crippen MR) is 77.5 cm³/mol. The van der Waals surface area contributed by atoms with Crippen molar-refractivity contribution < 1.29 is 0 Å². The van der Waals surface area contributed by atoms with Crippen molar-refractivity contribution in [3.8, 4) is 0 Å². The normalized spacial score (nSPS) is 18.6. The van der Waals surface area contributed by atoms with Gasteiger partial charge in [-0.2, -0.15) is 0 Å². The van der Waals surface area contributed by atoms with E-state index in [1.807, 2.05) is 6.07 Å². The van der Waals surface area contributed by atoms with Crippen molar-refractivity contribution in [1.82, 2.24) is 9.88 Å². The van der Waals surface area contributed by atoms with Crippen LogP contribution in [-0.4, -0.2) is 30.0 Å². The van der Waals surface area contributed by atoms with Gasteiger partial charge in [-0.3, -0.25) is 0 Å². The highest BCUT2D eigenvalue weighted by Gasteiger charge is 2.20. The molecule has 96 valence electrons. The molecule has 1 aliphatic rings. The molecule has 0 spiro atoms. The SMILES string of the molecule is Cc1cc(Cl)c2[nH]c(C3CCN(C)CC3)cc2c1. The standard InChI is InChI=1S/C15H19ClN2/c1-10-7-12-9-14(17-15(12)13(16)8-10)11-3-5-18(2)6-4-11/h7-9,11,17H,3-6H2,1-2H3. The lowest BCUT2D eigenvalue weighted by atomic mass is 9.94. The molecule has 2 nitrogen and oxygen atoms in total. The van der Waals surface area contributed by atoms with E-state index in [0.29, 0.717) is 5.92 Å². The number of hydrogen-bond acceptors (Lipinski definition) is 1. The number of hydrogen-bond donors (Lipinski definition) is 1. The first kappa shape index (κ1) is 12.1. The molecule has 1 N–H and O–H groups in total. The first-order valence-electron chi connectivity index (χ1n) is 6.61. The highest BCUT2D eigenvalue weighted by Crippen LogP contribution is 2.32. The Bertz CT molecular complexity index is 565. The zero-order chi connectivity index (χ0) is 12.7. The molecule has 3 heteroatoms. The molecule has 1 fully saturated rings. The van der Waals surface area contributed by atoms with Crippen LogP contribution in [0.2, 0.25) is 5.02 Å². The summed E-state index contributed by atoms with van der Waals surface area (Å²) in [4.78, 5) is 5.92. The van der Waals surface area contributed by atoms with E-state index >= 15 is 0 Å². The third-order valence-corrected chi connectivity index (χ3v) is 4.30. The Morgan fingerprint density at radius 1 is 1.22 bits per heavy atom. The number of fused-ring (bicyclic) bond motifs is 1. The number of halogens is 1. The van der Waals surface area contributed by atoms with Gasteiger partial charge in [-0.1, -0.05) is 11.6 Å². The summed E-state index contributed by atoms with van der Waals surface area (Å²) in [6.45, 7) is 4.47. The van der Waals surface area contributed by atoms with Gasteiger partial charge in [0.2, 0.25) is 0 Å². The summed E-state index contributed by atoms with van der Waals surface area (Å²) < 4.78 is 0. The predicted octanol–water partition coefficient (Wildman–Crippen LogP) is 3.94. The van der Waals surface area contributed by atoms with Crippen LogP contribution in [0.15, 0.2) is 18.2 Å². The van der Waals surface area contributed by atoms with Crippen molar-refractivity contribution in [2.75, 3.05) is 20.1 Å². The summed E-state index contributed by atoms with van der Waals surface area (Å²) in [5.41, 5.74) is 3.67.